The minimum Gasteiger partial charge on any atom is -0.356 e. The summed E-state index contributed by atoms with van der Waals surface area (Å²) < 4.78 is 1.88. The molecule has 27 heavy (non-hydrogen) atoms. The number of aryl methyl sites for hydroxylation is 2. The molecule has 2 rings (SSSR count). The highest BCUT2D eigenvalue weighted by atomic mass is 16.1. The van der Waals surface area contributed by atoms with Crippen LogP contribution in [0.25, 0.3) is 0 Å². The smallest absolute Gasteiger partial charge is 0.220 e. The van der Waals surface area contributed by atoms with Crippen LogP contribution in [0.5, 0.6) is 0 Å². The van der Waals surface area contributed by atoms with Gasteiger partial charge in [0.05, 0.1) is 24.7 Å². The van der Waals surface area contributed by atoms with E-state index >= 15 is 0 Å². The largest absolute Gasteiger partial charge is 0.356 e. The molecule has 2 unspecified atom stereocenters. The third-order valence-electron chi connectivity index (χ3n) is 5.49. The predicted octanol–water partition coefficient (Wildman–Crippen LogP) is 2.83. The number of aromatic nitrogens is 2. The van der Waals surface area contributed by atoms with Gasteiger partial charge in [-0.05, 0) is 57.1 Å². The second-order valence-corrected chi connectivity index (χ2v) is 8.19. The molecule has 0 saturated carbocycles. The zero-order valence-corrected chi connectivity index (χ0v) is 17.4. The van der Waals surface area contributed by atoms with Gasteiger partial charge in [0.15, 0.2) is 0 Å². The van der Waals surface area contributed by atoms with Crippen LogP contribution >= 0.6 is 0 Å². The molecule has 1 amide bonds. The maximum absolute atomic E-state index is 12.2. The zero-order chi connectivity index (χ0) is 19.8. The van der Waals surface area contributed by atoms with Gasteiger partial charge in [-0.2, -0.15) is 10.4 Å². The Morgan fingerprint density at radius 1 is 1.26 bits per heavy atom. The van der Waals surface area contributed by atoms with Crippen molar-refractivity contribution in [1.29, 1.82) is 5.26 Å². The fourth-order valence-corrected chi connectivity index (χ4v) is 4.30. The second kappa shape index (κ2) is 10.5. The minimum absolute atomic E-state index is 0.110. The number of likely N-dealkylation sites (tertiary alicyclic amines) is 1. The van der Waals surface area contributed by atoms with Crippen LogP contribution in [-0.2, 0) is 17.8 Å². The fraction of sp³-hybridized carbons (Fsp3) is 0.762. The Bertz CT molecular complexity index is 650. The SMILES string of the molecule is Cc1nn(CCC#N)c(C)c1CCC(=O)NCCCN1CC(C)CC(C)C1. The summed E-state index contributed by atoms with van der Waals surface area (Å²) in [4.78, 5) is 14.7. The van der Waals surface area contributed by atoms with Gasteiger partial charge < -0.3 is 10.2 Å². The number of nitrogens with zero attached hydrogens (tertiary/aromatic N) is 4. The summed E-state index contributed by atoms with van der Waals surface area (Å²) in [7, 11) is 0. The van der Waals surface area contributed by atoms with Gasteiger partial charge >= 0.3 is 0 Å². The Kier molecular flexibility index (Phi) is 8.30. The molecule has 1 aromatic heterocycles. The van der Waals surface area contributed by atoms with E-state index in [1.165, 1.54) is 19.5 Å². The number of carbonyl (C=O) groups excluding carboxylic acids is 1. The number of hydrogen-bond donors (Lipinski definition) is 1. The number of nitriles is 1. The van der Waals surface area contributed by atoms with Gasteiger partial charge in [0.2, 0.25) is 5.91 Å². The zero-order valence-electron chi connectivity index (χ0n) is 17.4. The molecule has 1 aliphatic rings. The highest BCUT2D eigenvalue weighted by Crippen LogP contribution is 2.20. The van der Waals surface area contributed by atoms with Crippen LogP contribution in [0.15, 0.2) is 0 Å². The maximum Gasteiger partial charge on any atom is 0.220 e. The van der Waals surface area contributed by atoms with Crippen molar-refractivity contribution in [2.75, 3.05) is 26.2 Å². The number of rotatable bonds is 9. The first-order chi connectivity index (χ1) is 12.9. The monoisotopic (exact) mass is 373 g/mol. The third-order valence-corrected chi connectivity index (χ3v) is 5.49. The van der Waals surface area contributed by atoms with E-state index in [0.717, 1.165) is 48.3 Å². The molecule has 1 N–H and O–H groups in total. The summed E-state index contributed by atoms with van der Waals surface area (Å²) in [6.07, 6.45) is 3.99. The van der Waals surface area contributed by atoms with Crippen LogP contribution < -0.4 is 5.32 Å². The summed E-state index contributed by atoms with van der Waals surface area (Å²) in [5.74, 6) is 1.67. The van der Waals surface area contributed by atoms with Gasteiger partial charge in [0.25, 0.3) is 0 Å². The van der Waals surface area contributed by atoms with E-state index in [1.54, 1.807) is 0 Å². The van der Waals surface area contributed by atoms with Crippen molar-refractivity contribution in [3.8, 4) is 6.07 Å². The number of amides is 1. The van der Waals surface area contributed by atoms with Crippen molar-refractivity contribution in [1.82, 2.24) is 20.0 Å². The quantitative estimate of drug-likeness (QED) is 0.676. The first kappa shape index (κ1) is 21.4. The van der Waals surface area contributed by atoms with Gasteiger partial charge in [-0.3, -0.25) is 9.48 Å². The molecule has 0 aromatic carbocycles. The Hall–Kier alpha value is -1.87. The van der Waals surface area contributed by atoms with Crippen molar-refractivity contribution in [3.05, 3.63) is 17.0 Å². The molecule has 2 heterocycles. The van der Waals surface area contributed by atoms with E-state index in [-0.39, 0.29) is 5.91 Å². The number of nitrogens with one attached hydrogen (secondary N) is 1. The van der Waals surface area contributed by atoms with Crippen LogP contribution in [0.4, 0.5) is 0 Å². The molecular formula is C21H35N5O. The van der Waals surface area contributed by atoms with Crippen molar-refractivity contribution >= 4 is 5.91 Å². The lowest BCUT2D eigenvalue weighted by Crippen LogP contribution is -2.40. The first-order valence-corrected chi connectivity index (χ1v) is 10.3. The molecular weight excluding hydrogens is 338 g/mol. The summed E-state index contributed by atoms with van der Waals surface area (Å²) in [5, 5.41) is 16.3. The summed E-state index contributed by atoms with van der Waals surface area (Å²) >= 11 is 0. The number of hydrogen-bond acceptors (Lipinski definition) is 4. The molecule has 0 aliphatic carbocycles. The molecule has 2 atom stereocenters. The molecule has 6 nitrogen and oxygen atoms in total. The Morgan fingerprint density at radius 2 is 1.96 bits per heavy atom. The van der Waals surface area contributed by atoms with Crippen LogP contribution in [0, 0.1) is 37.0 Å². The summed E-state index contributed by atoms with van der Waals surface area (Å²) in [6.45, 7) is 13.5. The normalized spacial score (nSPS) is 20.4. The lowest BCUT2D eigenvalue weighted by molar-refractivity contribution is -0.121. The van der Waals surface area contributed by atoms with Gasteiger partial charge in [0.1, 0.15) is 0 Å². The van der Waals surface area contributed by atoms with E-state index in [0.29, 0.717) is 25.8 Å². The minimum atomic E-state index is 0.110. The van der Waals surface area contributed by atoms with E-state index in [2.05, 4.69) is 35.2 Å². The Balaban J connectivity index is 1.68. The molecule has 0 spiro atoms. The highest BCUT2D eigenvalue weighted by Gasteiger charge is 2.21. The van der Waals surface area contributed by atoms with Crippen molar-refractivity contribution in [3.63, 3.8) is 0 Å². The molecule has 0 radical (unpaired) electrons. The van der Waals surface area contributed by atoms with E-state index in [4.69, 9.17) is 5.26 Å². The van der Waals surface area contributed by atoms with E-state index in [9.17, 15) is 4.79 Å². The molecule has 1 saturated heterocycles. The molecule has 150 valence electrons. The molecule has 6 heteroatoms. The molecule has 1 aromatic rings. The fourth-order valence-electron chi connectivity index (χ4n) is 4.30. The lowest BCUT2D eigenvalue weighted by Gasteiger charge is -2.34. The maximum atomic E-state index is 12.2. The molecule has 1 aliphatic heterocycles. The average Bonchev–Trinajstić information content (AvgIpc) is 2.87. The predicted molar refractivity (Wildman–Crippen MR) is 107 cm³/mol. The van der Waals surface area contributed by atoms with Gasteiger partial charge in [0, 0.05) is 31.7 Å². The van der Waals surface area contributed by atoms with E-state index in [1.807, 2.05) is 18.5 Å². The van der Waals surface area contributed by atoms with Crippen LogP contribution in [0.1, 0.15) is 56.5 Å². The second-order valence-electron chi connectivity index (χ2n) is 8.19. The summed E-state index contributed by atoms with van der Waals surface area (Å²) in [5.41, 5.74) is 3.18. The standard InChI is InChI=1S/C21H35N5O/c1-16-13-17(2)15-25(14-16)11-6-10-23-21(27)8-7-20-18(3)24-26(19(20)4)12-5-9-22/h16-17H,5-8,10-15H2,1-4H3,(H,23,27). The average molecular weight is 374 g/mol. The van der Waals surface area contributed by atoms with Gasteiger partial charge in [-0.15, -0.1) is 0 Å². The van der Waals surface area contributed by atoms with Crippen LogP contribution in [0.3, 0.4) is 0 Å². The summed E-state index contributed by atoms with van der Waals surface area (Å²) in [6, 6.07) is 2.15. The highest BCUT2D eigenvalue weighted by molar-refractivity contribution is 5.76. The van der Waals surface area contributed by atoms with Crippen LogP contribution in [0.2, 0.25) is 0 Å². The van der Waals surface area contributed by atoms with Gasteiger partial charge in [-0.1, -0.05) is 13.8 Å². The van der Waals surface area contributed by atoms with Crippen molar-refractivity contribution in [2.24, 2.45) is 11.8 Å². The first-order valence-electron chi connectivity index (χ1n) is 10.3. The lowest BCUT2D eigenvalue weighted by atomic mass is 9.92. The van der Waals surface area contributed by atoms with E-state index < -0.39 is 0 Å². The van der Waals surface area contributed by atoms with Crippen LogP contribution in [-0.4, -0.2) is 46.8 Å². The van der Waals surface area contributed by atoms with Gasteiger partial charge in [-0.25, -0.2) is 0 Å². The molecule has 1 fully saturated rings. The number of piperidine rings is 1. The number of carbonyl (C=O) groups is 1. The third kappa shape index (κ3) is 6.66. The molecule has 0 bridgehead atoms. The van der Waals surface area contributed by atoms with Crippen molar-refractivity contribution < 1.29 is 4.79 Å². The topological polar surface area (TPSA) is 73.9 Å². The Morgan fingerprint density at radius 3 is 2.63 bits per heavy atom. The van der Waals surface area contributed by atoms with Crippen molar-refractivity contribution in [2.45, 2.75) is 66.3 Å². The Labute approximate surface area is 163 Å².